The topological polar surface area (TPSA) is 38.5 Å². The second-order valence-corrected chi connectivity index (χ2v) is 5.66. The molecule has 2 fully saturated rings. The molecule has 2 aliphatic rings. The molecule has 0 amide bonds. The summed E-state index contributed by atoms with van der Waals surface area (Å²) in [4.78, 5) is 2.58. The molecule has 0 aromatic heterocycles. The number of hydrogen-bond donors (Lipinski definition) is 1. The predicted molar refractivity (Wildman–Crippen MR) is 66.3 cm³/mol. The molecule has 94 valence electrons. The van der Waals surface area contributed by atoms with Crippen LogP contribution in [0.25, 0.3) is 0 Å². The molecule has 2 N–H and O–H groups in total. The molecule has 1 saturated carbocycles. The Bertz CT molecular complexity index is 212. The summed E-state index contributed by atoms with van der Waals surface area (Å²) >= 11 is 0. The van der Waals surface area contributed by atoms with Gasteiger partial charge in [-0.05, 0) is 45.1 Å². The fraction of sp³-hybridized carbons (Fsp3) is 1.00. The lowest BCUT2D eigenvalue weighted by molar-refractivity contribution is -0.0724. The van der Waals surface area contributed by atoms with Crippen molar-refractivity contribution in [2.75, 3.05) is 26.2 Å². The fourth-order valence-corrected chi connectivity index (χ4v) is 3.43. The van der Waals surface area contributed by atoms with E-state index >= 15 is 0 Å². The summed E-state index contributed by atoms with van der Waals surface area (Å²) in [5.41, 5.74) is 5.84. The smallest absolute Gasteiger partial charge is 0.0678 e. The molecular weight excluding hydrogens is 200 g/mol. The van der Waals surface area contributed by atoms with Crippen LogP contribution in [0.2, 0.25) is 0 Å². The average molecular weight is 226 g/mol. The summed E-state index contributed by atoms with van der Waals surface area (Å²) in [6.07, 6.45) is 4.88. The molecule has 1 aliphatic carbocycles. The van der Waals surface area contributed by atoms with Gasteiger partial charge in [-0.15, -0.1) is 0 Å². The van der Waals surface area contributed by atoms with Gasteiger partial charge in [0.2, 0.25) is 0 Å². The zero-order chi connectivity index (χ0) is 11.5. The minimum absolute atomic E-state index is 0.390. The van der Waals surface area contributed by atoms with E-state index in [-0.39, 0.29) is 0 Å². The molecule has 0 bridgehead atoms. The maximum Gasteiger partial charge on any atom is 0.0678 e. The van der Waals surface area contributed by atoms with Crippen LogP contribution < -0.4 is 5.73 Å². The highest BCUT2D eigenvalue weighted by molar-refractivity contribution is 4.83. The van der Waals surface area contributed by atoms with Gasteiger partial charge in [-0.25, -0.2) is 0 Å². The molecule has 1 aliphatic heterocycles. The number of morpholine rings is 1. The Balaban J connectivity index is 1.84. The molecule has 16 heavy (non-hydrogen) atoms. The van der Waals surface area contributed by atoms with E-state index in [1.165, 1.54) is 25.8 Å². The summed E-state index contributed by atoms with van der Waals surface area (Å²) in [6, 6.07) is 0. The molecule has 1 heterocycles. The third-order valence-electron chi connectivity index (χ3n) is 4.11. The first kappa shape index (κ1) is 12.3. The van der Waals surface area contributed by atoms with Crippen molar-refractivity contribution in [1.29, 1.82) is 0 Å². The first-order chi connectivity index (χ1) is 7.69. The van der Waals surface area contributed by atoms with Crippen LogP contribution in [-0.4, -0.2) is 43.3 Å². The summed E-state index contributed by atoms with van der Waals surface area (Å²) in [5.74, 6) is 1.61. The van der Waals surface area contributed by atoms with Crippen LogP contribution in [-0.2, 0) is 4.74 Å². The highest BCUT2D eigenvalue weighted by atomic mass is 16.5. The third kappa shape index (κ3) is 2.96. The van der Waals surface area contributed by atoms with Crippen LogP contribution in [0.4, 0.5) is 0 Å². The first-order valence-corrected chi connectivity index (χ1v) is 6.77. The zero-order valence-corrected chi connectivity index (χ0v) is 10.7. The van der Waals surface area contributed by atoms with Crippen molar-refractivity contribution in [3.05, 3.63) is 0 Å². The van der Waals surface area contributed by atoms with E-state index in [1.54, 1.807) is 0 Å². The second kappa shape index (κ2) is 5.48. The largest absolute Gasteiger partial charge is 0.373 e. The van der Waals surface area contributed by atoms with Crippen LogP contribution in [0.3, 0.4) is 0 Å². The molecular formula is C13H26N2O. The molecule has 0 aromatic carbocycles. The van der Waals surface area contributed by atoms with Gasteiger partial charge in [0.15, 0.2) is 0 Å². The monoisotopic (exact) mass is 226 g/mol. The molecule has 0 spiro atoms. The number of ether oxygens (including phenoxy) is 1. The Morgan fingerprint density at radius 3 is 2.38 bits per heavy atom. The van der Waals surface area contributed by atoms with Crippen molar-refractivity contribution in [2.45, 2.75) is 45.3 Å². The molecule has 0 radical (unpaired) electrons. The molecule has 4 atom stereocenters. The molecule has 3 nitrogen and oxygen atoms in total. The lowest BCUT2D eigenvalue weighted by atomic mass is 9.95. The van der Waals surface area contributed by atoms with E-state index in [4.69, 9.17) is 10.5 Å². The van der Waals surface area contributed by atoms with E-state index in [2.05, 4.69) is 18.7 Å². The van der Waals surface area contributed by atoms with Crippen molar-refractivity contribution in [3.63, 3.8) is 0 Å². The van der Waals surface area contributed by atoms with E-state index < -0.39 is 0 Å². The molecule has 1 saturated heterocycles. The van der Waals surface area contributed by atoms with E-state index in [9.17, 15) is 0 Å². The molecule has 2 unspecified atom stereocenters. The number of nitrogens with two attached hydrogens (primary N) is 1. The molecule has 0 aromatic rings. The van der Waals surface area contributed by atoms with Gasteiger partial charge in [-0.3, -0.25) is 4.90 Å². The van der Waals surface area contributed by atoms with Crippen LogP contribution in [0.1, 0.15) is 33.1 Å². The summed E-state index contributed by atoms with van der Waals surface area (Å²) in [5, 5.41) is 0. The Hall–Kier alpha value is -0.120. The van der Waals surface area contributed by atoms with Crippen molar-refractivity contribution in [3.8, 4) is 0 Å². The van der Waals surface area contributed by atoms with Gasteiger partial charge in [0, 0.05) is 19.6 Å². The molecule has 3 heteroatoms. The highest BCUT2D eigenvalue weighted by Gasteiger charge is 2.30. The quantitative estimate of drug-likeness (QED) is 0.792. The van der Waals surface area contributed by atoms with Crippen molar-refractivity contribution < 1.29 is 4.74 Å². The Morgan fingerprint density at radius 1 is 1.12 bits per heavy atom. The van der Waals surface area contributed by atoms with Crippen molar-refractivity contribution in [2.24, 2.45) is 17.6 Å². The summed E-state index contributed by atoms with van der Waals surface area (Å²) in [6.45, 7) is 8.66. The van der Waals surface area contributed by atoms with E-state index in [0.717, 1.165) is 31.5 Å². The van der Waals surface area contributed by atoms with Crippen molar-refractivity contribution in [1.82, 2.24) is 4.90 Å². The standard InChI is InChI=1S/C13H26N2O/c1-10-7-15(8-11(2)16-10)9-13-5-3-4-12(13)6-14/h10-13H,3-9,14H2,1-2H3/t10-,11+,12?,13?. The van der Waals surface area contributed by atoms with Crippen molar-refractivity contribution >= 4 is 0 Å². The Morgan fingerprint density at radius 2 is 1.75 bits per heavy atom. The lowest BCUT2D eigenvalue weighted by Gasteiger charge is -2.37. The SMILES string of the molecule is C[C@@H]1CN(CC2CCCC2CN)C[C@H](C)O1. The third-order valence-corrected chi connectivity index (χ3v) is 4.11. The van der Waals surface area contributed by atoms with Gasteiger partial charge < -0.3 is 10.5 Å². The second-order valence-electron chi connectivity index (χ2n) is 5.66. The van der Waals surface area contributed by atoms with E-state index in [0.29, 0.717) is 12.2 Å². The number of rotatable bonds is 3. The van der Waals surface area contributed by atoms with Crippen LogP contribution in [0.15, 0.2) is 0 Å². The Labute approximate surface area is 99.3 Å². The van der Waals surface area contributed by atoms with Gasteiger partial charge in [-0.1, -0.05) is 6.42 Å². The molecule has 2 rings (SSSR count). The van der Waals surface area contributed by atoms with Gasteiger partial charge in [-0.2, -0.15) is 0 Å². The summed E-state index contributed by atoms with van der Waals surface area (Å²) in [7, 11) is 0. The summed E-state index contributed by atoms with van der Waals surface area (Å²) < 4.78 is 5.77. The number of nitrogens with zero attached hydrogens (tertiary/aromatic N) is 1. The zero-order valence-electron chi connectivity index (χ0n) is 10.7. The highest BCUT2D eigenvalue weighted by Crippen LogP contribution is 2.32. The minimum Gasteiger partial charge on any atom is -0.373 e. The average Bonchev–Trinajstić information content (AvgIpc) is 2.63. The fourth-order valence-electron chi connectivity index (χ4n) is 3.43. The number of hydrogen-bond acceptors (Lipinski definition) is 3. The first-order valence-electron chi connectivity index (χ1n) is 6.77. The minimum atomic E-state index is 0.390. The Kier molecular flexibility index (Phi) is 4.22. The normalized spacial score (nSPS) is 41.4. The van der Waals surface area contributed by atoms with Gasteiger partial charge in [0.05, 0.1) is 12.2 Å². The van der Waals surface area contributed by atoms with Crippen LogP contribution >= 0.6 is 0 Å². The van der Waals surface area contributed by atoms with Crippen LogP contribution in [0, 0.1) is 11.8 Å². The van der Waals surface area contributed by atoms with Gasteiger partial charge >= 0.3 is 0 Å². The van der Waals surface area contributed by atoms with Crippen LogP contribution in [0.5, 0.6) is 0 Å². The van der Waals surface area contributed by atoms with Gasteiger partial charge in [0.1, 0.15) is 0 Å². The maximum atomic E-state index is 5.84. The maximum absolute atomic E-state index is 5.84. The van der Waals surface area contributed by atoms with Gasteiger partial charge in [0.25, 0.3) is 0 Å². The lowest BCUT2D eigenvalue weighted by Crippen LogP contribution is -2.47. The van der Waals surface area contributed by atoms with E-state index in [1.807, 2.05) is 0 Å². The predicted octanol–water partition coefficient (Wildman–Crippen LogP) is 1.47.